The number of carbonyl (C=O) groups is 2. The van der Waals surface area contributed by atoms with Crippen molar-refractivity contribution in [3.8, 4) is 11.5 Å². The van der Waals surface area contributed by atoms with Crippen LogP contribution in [0.2, 0.25) is 5.02 Å². The first-order chi connectivity index (χ1) is 16.4. The number of hydrogen-bond donors (Lipinski definition) is 2. The number of halogens is 1. The summed E-state index contributed by atoms with van der Waals surface area (Å²) in [4.78, 5) is 24.5. The van der Waals surface area contributed by atoms with E-state index >= 15 is 0 Å². The Bertz CT molecular complexity index is 1210. The van der Waals surface area contributed by atoms with Crippen molar-refractivity contribution in [1.29, 1.82) is 0 Å². The summed E-state index contributed by atoms with van der Waals surface area (Å²) in [6, 6.07) is 17.5. The number of aryl methyl sites for hydroxylation is 2. The number of ether oxygens (including phenoxy) is 2. The van der Waals surface area contributed by atoms with Crippen LogP contribution in [0.3, 0.4) is 0 Å². The van der Waals surface area contributed by atoms with E-state index < -0.39 is 0 Å². The normalized spacial score (nSPS) is 10.7. The van der Waals surface area contributed by atoms with Gasteiger partial charge in [-0.2, -0.15) is 5.10 Å². The molecule has 0 radical (unpaired) electrons. The average molecular weight is 480 g/mol. The molecule has 0 unspecified atom stereocenters. The zero-order valence-corrected chi connectivity index (χ0v) is 20.0. The van der Waals surface area contributed by atoms with E-state index in [9.17, 15) is 9.59 Å². The van der Waals surface area contributed by atoms with Crippen LogP contribution in [-0.4, -0.2) is 31.2 Å². The van der Waals surface area contributed by atoms with Crippen molar-refractivity contribution in [2.24, 2.45) is 5.10 Å². The highest BCUT2D eigenvalue weighted by molar-refractivity contribution is 6.30. The molecule has 0 spiro atoms. The van der Waals surface area contributed by atoms with Crippen molar-refractivity contribution in [3.05, 3.63) is 87.9 Å². The van der Waals surface area contributed by atoms with Crippen LogP contribution < -0.4 is 20.2 Å². The van der Waals surface area contributed by atoms with E-state index in [4.69, 9.17) is 21.1 Å². The quantitative estimate of drug-likeness (QED) is 0.328. The minimum atomic E-state index is -0.376. The van der Waals surface area contributed by atoms with E-state index in [-0.39, 0.29) is 18.4 Å². The summed E-state index contributed by atoms with van der Waals surface area (Å²) < 4.78 is 11.3. The minimum absolute atomic E-state index is 0.171. The molecule has 34 heavy (non-hydrogen) atoms. The second kappa shape index (κ2) is 11.9. The second-order valence-electron chi connectivity index (χ2n) is 7.48. The molecule has 0 aliphatic rings. The SMILES string of the molecule is CCOc1cc(/C=N/NC(=O)c2cccc(Cl)c2)ccc1OCC(=O)Nc1ccc(C)c(C)c1. The van der Waals surface area contributed by atoms with E-state index in [2.05, 4.69) is 15.8 Å². The Hall–Kier alpha value is -3.84. The summed E-state index contributed by atoms with van der Waals surface area (Å²) in [5.41, 5.74) is 6.51. The molecular formula is C26H26ClN3O4. The van der Waals surface area contributed by atoms with Crippen LogP contribution in [0.4, 0.5) is 5.69 Å². The summed E-state index contributed by atoms with van der Waals surface area (Å²) in [5, 5.41) is 7.28. The van der Waals surface area contributed by atoms with Gasteiger partial charge in [-0.1, -0.05) is 23.7 Å². The molecule has 0 aliphatic heterocycles. The summed E-state index contributed by atoms with van der Waals surface area (Å²) in [6.45, 7) is 6.10. The molecule has 0 aromatic heterocycles. The third-order valence-electron chi connectivity index (χ3n) is 4.88. The molecule has 3 aromatic rings. The van der Waals surface area contributed by atoms with Gasteiger partial charge >= 0.3 is 0 Å². The largest absolute Gasteiger partial charge is 0.490 e. The van der Waals surface area contributed by atoms with Crippen molar-refractivity contribution in [2.45, 2.75) is 20.8 Å². The third kappa shape index (κ3) is 7.08. The summed E-state index contributed by atoms with van der Waals surface area (Å²) in [6.07, 6.45) is 1.49. The first kappa shape index (κ1) is 24.8. The van der Waals surface area contributed by atoms with Crippen LogP contribution in [0.25, 0.3) is 0 Å². The number of hydrazone groups is 1. The predicted octanol–water partition coefficient (Wildman–Crippen LogP) is 5.14. The first-order valence-electron chi connectivity index (χ1n) is 10.7. The molecular weight excluding hydrogens is 454 g/mol. The van der Waals surface area contributed by atoms with Gasteiger partial charge < -0.3 is 14.8 Å². The molecule has 0 saturated heterocycles. The molecule has 0 atom stereocenters. The zero-order chi connectivity index (χ0) is 24.5. The van der Waals surface area contributed by atoms with E-state index in [0.717, 1.165) is 11.1 Å². The van der Waals surface area contributed by atoms with Crippen molar-refractivity contribution in [1.82, 2.24) is 5.43 Å². The van der Waals surface area contributed by atoms with Gasteiger partial charge in [0.1, 0.15) is 0 Å². The molecule has 0 saturated carbocycles. The van der Waals surface area contributed by atoms with Crippen LogP contribution in [0.5, 0.6) is 11.5 Å². The lowest BCUT2D eigenvalue weighted by Crippen LogP contribution is -2.20. The highest BCUT2D eigenvalue weighted by atomic mass is 35.5. The molecule has 2 N–H and O–H groups in total. The Morgan fingerprint density at radius 1 is 0.971 bits per heavy atom. The number of nitrogens with one attached hydrogen (secondary N) is 2. The fourth-order valence-corrected chi connectivity index (χ4v) is 3.20. The summed E-state index contributed by atoms with van der Waals surface area (Å²) in [7, 11) is 0. The highest BCUT2D eigenvalue weighted by Gasteiger charge is 2.10. The Labute approximate surface area is 203 Å². The minimum Gasteiger partial charge on any atom is -0.490 e. The maximum atomic E-state index is 12.3. The smallest absolute Gasteiger partial charge is 0.271 e. The van der Waals surface area contributed by atoms with Crippen LogP contribution in [0.15, 0.2) is 65.8 Å². The zero-order valence-electron chi connectivity index (χ0n) is 19.2. The highest BCUT2D eigenvalue weighted by Crippen LogP contribution is 2.28. The average Bonchev–Trinajstić information content (AvgIpc) is 2.81. The molecule has 0 fully saturated rings. The summed E-state index contributed by atoms with van der Waals surface area (Å²) in [5.74, 6) is 0.238. The second-order valence-corrected chi connectivity index (χ2v) is 7.92. The van der Waals surface area contributed by atoms with E-state index in [0.29, 0.717) is 39.9 Å². The molecule has 8 heteroatoms. The molecule has 7 nitrogen and oxygen atoms in total. The first-order valence-corrected chi connectivity index (χ1v) is 11.1. The number of benzene rings is 3. The lowest BCUT2D eigenvalue weighted by Gasteiger charge is -2.13. The van der Waals surface area contributed by atoms with Crippen LogP contribution in [0, 0.1) is 13.8 Å². The molecule has 2 amide bonds. The number of carbonyl (C=O) groups excluding carboxylic acids is 2. The molecule has 3 aromatic carbocycles. The maximum absolute atomic E-state index is 12.3. The topological polar surface area (TPSA) is 89.0 Å². The molecule has 3 rings (SSSR count). The van der Waals surface area contributed by atoms with Gasteiger partial charge in [0.25, 0.3) is 11.8 Å². The van der Waals surface area contributed by atoms with Gasteiger partial charge in [0.15, 0.2) is 18.1 Å². The Balaban J connectivity index is 1.60. The van der Waals surface area contributed by atoms with Gasteiger partial charge in [0.2, 0.25) is 0 Å². The number of anilines is 1. The Kier molecular flexibility index (Phi) is 8.65. The van der Waals surface area contributed by atoms with E-state index in [1.165, 1.54) is 6.21 Å². The standard InChI is InChI=1S/C26H26ClN3O4/c1-4-33-24-13-19(15-28-30-26(32)20-6-5-7-21(27)14-20)9-11-23(24)34-16-25(31)29-22-10-8-17(2)18(3)12-22/h5-15H,4,16H2,1-3H3,(H,29,31)(H,30,32)/b28-15+. The van der Waals surface area contributed by atoms with E-state index in [1.54, 1.807) is 42.5 Å². The number of hydrogen-bond acceptors (Lipinski definition) is 5. The lowest BCUT2D eigenvalue weighted by atomic mass is 10.1. The molecule has 0 bridgehead atoms. The van der Waals surface area contributed by atoms with Gasteiger partial charge in [0.05, 0.1) is 12.8 Å². The number of amides is 2. The number of nitrogens with zero attached hydrogens (tertiary/aromatic N) is 1. The van der Waals surface area contributed by atoms with Crippen LogP contribution in [0.1, 0.15) is 34.0 Å². The van der Waals surface area contributed by atoms with Crippen molar-refractivity contribution in [2.75, 3.05) is 18.5 Å². The van der Waals surface area contributed by atoms with Crippen LogP contribution >= 0.6 is 11.6 Å². The Morgan fingerprint density at radius 3 is 2.53 bits per heavy atom. The van der Waals surface area contributed by atoms with Gasteiger partial charge in [-0.05, 0) is 86.0 Å². The molecule has 0 heterocycles. The van der Waals surface area contributed by atoms with Crippen LogP contribution in [-0.2, 0) is 4.79 Å². The molecule has 176 valence electrons. The van der Waals surface area contributed by atoms with E-state index in [1.807, 2.05) is 39.0 Å². The third-order valence-corrected chi connectivity index (χ3v) is 5.12. The fraction of sp³-hybridized carbons (Fsp3) is 0.192. The van der Waals surface area contributed by atoms with Crippen molar-refractivity contribution < 1.29 is 19.1 Å². The van der Waals surface area contributed by atoms with Gasteiger partial charge in [-0.15, -0.1) is 0 Å². The predicted molar refractivity (Wildman–Crippen MR) is 134 cm³/mol. The van der Waals surface area contributed by atoms with Crippen molar-refractivity contribution in [3.63, 3.8) is 0 Å². The fourth-order valence-electron chi connectivity index (χ4n) is 3.01. The van der Waals surface area contributed by atoms with Gasteiger partial charge in [0, 0.05) is 16.3 Å². The summed E-state index contributed by atoms with van der Waals surface area (Å²) >= 11 is 5.91. The molecule has 0 aliphatic carbocycles. The maximum Gasteiger partial charge on any atom is 0.271 e. The van der Waals surface area contributed by atoms with Gasteiger partial charge in [-0.25, -0.2) is 5.43 Å². The monoisotopic (exact) mass is 479 g/mol. The van der Waals surface area contributed by atoms with Crippen molar-refractivity contribution >= 4 is 35.3 Å². The lowest BCUT2D eigenvalue weighted by molar-refractivity contribution is -0.118. The Morgan fingerprint density at radius 2 is 1.79 bits per heavy atom. The van der Waals surface area contributed by atoms with Gasteiger partial charge in [-0.3, -0.25) is 9.59 Å². The number of rotatable bonds is 9.